The van der Waals surface area contributed by atoms with Gasteiger partial charge in [0.15, 0.2) is 16.8 Å². The lowest BCUT2D eigenvalue weighted by Gasteiger charge is -2.10. The first-order chi connectivity index (χ1) is 16.3. The molecule has 1 N–H and O–H groups in total. The molecule has 0 radical (unpaired) electrons. The summed E-state index contributed by atoms with van der Waals surface area (Å²) in [6, 6.07) is 27.9. The first-order valence-corrected chi connectivity index (χ1v) is 11.5. The number of para-hydroxylation sites is 2. The molecule has 5 aromatic rings. The molecule has 0 aliphatic heterocycles. The number of aromatic amines is 1. The molecule has 33 heavy (non-hydrogen) atoms. The molecular weight excluding hydrogens is 430 g/mol. The van der Waals surface area contributed by atoms with Crippen LogP contribution >= 0.6 is 11.8 Å². The van der Waals surface area contributed by atoms with Crippen molar-refractivity contribution in [1.29, 1.82) is 0 Å². The second kappa shape index (κ2) is 9.67. The van der Waals surface area contributed by atoms with Crippen molar-refractivity contribution in [3.8, 4) is 17.1 Å². The number of rotatable bonds is 8. The van der Waals surface area contributed by atoms with E-state index < -0.39 is 0 Å². The molecule has 5 rings (SSSR count). The van der Waals surface area contributed by atoms with E-state index in [4.69, 9.17) is 0 Å². The van der Waals surface area contributed by atoms with Gasteiger partial charge in [0.2, 0.25) is 0 Å². The second-order valence-electron chi connectivity index (χ2n) is 7.43. The number of hydrogen-bond acceptors (Lipinski definition) is 5. The van der Waals surface area contributed by atoms with Gasteiger partial charge in [-0.05, 0) is 18.2 Å². The number of fused-ring (bicyclic) bond motifs is 1. The van der Waals surface area contributed by atoms with Gasteiger partial charge in [-0.3, -0.25) is 14.4 Å². The van der Waals surface area contributed by atoms with Gasteiger partial charge in [-0.2, -0.15) is 0 Å². The predicted octanol–water partition coefficient (Wildman–Crippen LogP) is 5.20. The van der Waals surface area contributed by atoms with E-state index in [0.29, 0.717) is 5.16 Å². The van der Waals surface area contributed by atoms with Gasteiger partial charge in [0.05, 0.1) is 12.3 Å². The minimum Gasteiger partial charge on any atom is -0.361 e. The van der Waals surface area contributed by atoms with E-state index in [2.05, 4.69) is 20.2 Å². The third-order valence-electron chi connectivity index (χ3n) is 5.16. The number of carbonyl (C=O) groups is 1. The van der Waals surface area contributed by atoms with E-state index >= 15 is 0 Å². The predicted molar refractivity (Wildman–Crippen MR) is 133 cm³/mol. The van der Waals surface area contributed by atoms with Crippen LogP contribution in [0.2, 0.25) is 0 Å². The standard InChI is InChI=1S/C26H21N5OS/c32-22(17-27-15-20-16-28-24-14-8-7-13-23(20)24)18-33-26-30-29-25(19-9-3-1-4-10-19)31(26)21-11-5-2-6-12-21/h1-16,28H,17-18H2. The second-order valence-corrected chi connectivity index (χ2v) is 8.37. The largest absolute Gasteiger partial charge is 0.361 e. The number of hydrogen-bond donors (Lipinski definition) is 1. The number of ketones is 1. The van der Waals surface area contributed by atoms with Crippen molar-refractivity contribution in [1.82, 2.24) is 19.7 Å². The maximum absolute atomic E-state index is 12.5. The number of carbonyl (C=O) groups excluding carboxylic acids is 1. The van der Waals surface area contributed by atoms with Crippen LogP contribution in [-0.4, -0.2) is 44.0 Å². The summed E-state index contributed by atoms with van der Waals surface area (Å²) in [5.41, 5.74) is 3.95. The minimum atomic E-state index is 0.0277. The summed E-state index contributed by atoms with van der Waals surface area (Å²) in [6.07, 6.45) is 3.65. The Hall–Kier alpha value is -3.97. The minimum absolute atomic E-state index is 0.0277. The fraction of sp³-hybridized carbons (Fsp3) is 0.0769. The summed E-state index contributed by atoms with van der Waals surface area (Å²) in [5, 5.41) is 10.6. The summed E-state index contributed by atoms with van der Waals surface area (Å²) >= 11 is 1.38. The Kier molecular flexibility index (Phi) is 6.12. The first kappa shape index (κ1) is 20.9. The highest BCUT2D eigenvalue weighted by atomic mass is 32.2. The van der Waals surface area contributed by atoms with Gasteiger partial charge in [0, 0.05) is 40.1 Å². The summed E-state index contributed by atoms with van der Waals surface area (Å²) in [7, 11) is 0. The maximum Gasteiger partial charge on any atom is 0.196 e. The summed E-state index contributed by atoms with van der Waals surface area (Å²) in [6.45, 7) is 0.123. The van der Waals surface area contributed by atoms with Crippen LogP contribution in [-0.2, 0) is 4.79 Å². The maximum atomic E-state index is 12.5. The molecule has 0 saturated heterocycles. The molecule has 2 aromatic heterocycles. The zero-order valence-corrected chi connectivity index (χ0v) is 18.6. The number of nitrogens with one attached hydrogen (secondary N) is 1. The number of aromatic nitrogens is 4. The zero-order chi connectivity index (χ0) is 22.5. The molecule has 0 spiro atoms. The number of aliphatic imine (C=N–C) groups is 1. The fourth-order valence-corrected chi connectivity index (χ4v) is 4.39. The van der Waals surface area contributed by atoms with Gasteiger partial charge >= 0.3 is 0 Å². The molecule has 3 aromatic carbocycles. The Morgan fingerprint density at radius 1 is 0.939 bits per heavy atom. The lowest BCUT2D eigenvalue weighted by atomic mass is 10.2. The van der Waals surface area contributed by atoms with Crippen LogP contribution in [0.25, 0.3) is 28.0 Å². The molecule has 0 bridgehead atoms. The van der Waals surface area contributed by atoms with Crippen LogP contribution in [0.3, 0.4) is 0 Å². The fourth-order valence-electron chi connectivity index (χ4n) is 3.58. The Balaban J connectivity index is 1.30. The molecule has 0 unspecified atom stereocenters. The number of benzene rings is 3. The van der Waals surface area contributed by atoms with Gasteiger partial charge in [0.1, 0.15) is 0 Å². The van der Waals surface area contributed by atoms with Crippen LogP contribution in [0.5, 0.6) is 0 Å². The van der Waals surface area contributed by atoms with Gasteiger partial charge in [-0.1, -0.05) is 78.5 Å². The SMILES string of the molecule is O=C(CN=Cc1c[nH]c2ccccc12)CSc1nnc(-c2ccccc2)n1-c1ccccc1. The first-order valence-electron chi connectivity index (χ1n) is 10.6. The molecule has 0 aliphatic rings. The quantitative estimate of drug-likeness (QED) is 0.260. The van der Waals surface area contributed by atoms with Crippen LogP contribution in [0, 0.1) is 0 Å². The number of H-pyrrole nitrogens is 1. The van der Waals surface area contributed by atoms with Gasteiger partial charge in [-0.25, -0.2) is 0 Å². The summed E-state index contributed by atoms with van der Waals surface area (Å²) in [4.78, 5) is 20.1. The van der Waals surface area contributed by atoms with Gasteiger partial charge in [0.25, 0.3) is 0 Å². The highest BCUT2D eigenvalue weighted by Gasteiger charge is 2.17. The van der Waals surface area contributed by atoms with E-state index in [-0.39, 0.29) is 18.1 Å². The van der Waals surface area contributed by atoms with E-state index in [1.807, 2.05) is 95.7 Å². The van der Waals surface area contributed by atoms with Gasteiger partial charge < -0.3 is 4.98 Å². The third-order valence-corrected chi connectivity index (χ3v) is 6.15. The van der Waals surface area contributed by atoms with Crippen LogP contribution in [0.4, 0.5) is 0 Å². The third kappa shape index (κ3) is 4.63. The Morgan fingerprint density at radius 2 is 1.67 bits per heavy atom. The molecule has 0 fully saturated rings. The lowest BCUT2D eigenvalue weighted by molar-refractivity contribution is -0.115. The van der Waals surface area contributed by atoms with E-state index in [1.54, 1.807) is 6.21 Å². The summed E-state index contributed by atoms with van der Waals surface area (Å²) in [5.74, 6) is 1.04. The summed E-state index contributed by atoms with van der Waals surface area (Å²) < 4.78 is 1.99. The van der Waals surface area contributed by atoms with E-state index in [1.165, 1.54) is 11.8 Å². The topological polar surface area (TPSA) is 75.9 Å². The Bertz CT molecular complexity index is 1410. The van der Waals surface area contributed by atoms with Crippen molar-refractivity contribution in [2.75, 3.05) is 12.3 Å². The van der Waals surface area contributed by atoms with Crippen molar-refractivity contribution >= 4 is 34.7 Å². The van der Waals surface area contributed by atoms with Crippen LogP contribution < -0.4 is 0 Å². The molecule has 0 amide bonds. The Morgan fingerprint density at radius 3 is 2.48 bits per heavy atom. The Labute approximate surface area is 195 Å². The van der Waals surface area contributed by atoms with Crippen molar-refractivity contribution in [3.63, 3.8) is 0 Å². The molecule has 162 valence electrons. The molecule has 0 atom stereocenters. The van der Waals surface area contributed by atoms with Gasteiger partial charge in [-0.15, -0.1) is 10.2 Å². The van der Waals surface area contributed by atoms with Crippen molar-refractivity contribution in [2.24, 2.45) is 4.99 Å². The monoisotopic (exact) mass is 451 g/mol. The van der Waals surface area contributed by atoms with E-state index in [9.17, 15) is 4.79 Å². The van der Waals surface area contributed by atoms with Crippen LogP contribution in [0.1, 0.15) is 5.56 Å². The molecule has 6 nitrogen and oxygen atoms in total. The van der Waals surface area contributed by atoms with Crippen molar-refractivity contribution in [3.05, 3.63) is 96.7 Å². The number of Topliss-reactive ketones (excluding diaryl/α,β-unsaturated/α-hetero) is 1. The molecule has 7 heteroatoms. The molecule has 0 aliphatic carbocycles. The smallest absolute Gasteiger partial charge is 0.196 e. The van der Waals surface area contributed by atoms with Crippen LogP contribution in [0.15, 0.2) is 101 Å². The highest BCUT2D eigenvalue weighted by Crippen LogP contribution is 2.27. The molecule has 2 heterocycles. The van der Waals surface area contributed by atoms with Crippen molar-refractivity contribution in [2.45, 2.75) is 5.16 Å². The lowest BCUT2D eigenvalue weighted by Crippen LogP contribution is -2.07. The molecular formula is C26H21N5OS. The molecule has 0 saturated carbocycles. The van der Waals surface area contributed by atoms with E-state index in [0.717, 1.165) is 33.5 Å². The van der Waals surface area contributed by atoms with Crippen molar-refractivity contribution < 1.29 is 4.79 Å². The normalized spacial score (nSPS) is 11.4. The zero-order valence-electron chi connectivity index (χ0n) is 17.8. The number of thioether (sulfide) groups is 1. The average Bonchev–Trinajstić information content (AvgIpc) is 3.48. The number of nitrogens with zero attached hydrogens (tertiary/aromatic N) is 4. The average molecular weight is 452 g/mol. The highest BCUT2D eigenvalue weighted by molar-refractivity contribution is 7.99.